The molecule has 1 unspecified atom stereocenters. The maximum atomic E-state index is 11.4. The van der Waals surface area contributed by atoms with Gasteiger partial charge in [-0.2, -0.15) is 13.1 Å². The summed E-state index contributed by atoms with van der Waals surface area (Å²) in [7, 11) is -3.00. The molecule has 0 aromatic heterocycles. The van der Waals surface area contributed by atoms with Crippen LogP contribution in [0.3, 0.4) is 0 Å². The first kappa shape index (κ1) is 16.3. The number of hydroxylamine groups is 3. The fourth-order valence-electron chi connectivity index (χ4n) is 4.11. The minimum atomic E-state index is -4.63. The second-order valence-electron chi connectivity index (χ2n) is 6.72. The zero-order valence-electron chi connectivity index (χ0n) is 13.5. The third kappa shape index (κ3) is 2.49. The second-order valence-corrected chi connectivity index (χ2v) is 7.72. The summed E-state index contributed by atoms with van der Waals surface area (Å²) < 4.78 is 36.7. The van der Waals surface area contributed by atoms with Crippen molar-refractivity contribution in [2.45, 2.75) is 18.9 Å². The fraction of sp³-hybridized carbons (Fsp3) is 0.294. The lowest BCUT2D eigenvalue weighted by Crippen LogP contribution is -2.53. The van der Waals surface area contributed by atoms with Gasteiger partial charge in [-0.25, -0.2) is 0 Å². The molecule has 0 bridgehead atoms. The van der Waals surface area contributed by atoms with Crippen LogP contribution < -0.4 is 0 Å². The van der Waals surface area contributed by atoms with Crippen LogP contribution in [0.25, 0.3) is 11.1 Å². The number of rotatable bonds is 2. The minimum absolute atomic E-state index is 0.181. The first-order chi connectivity index (χ1) is 11.7. The topological polar surface area (TPSA) is 104 Å². The Morgan fingerprint density at radius 2 is 1.92 bits per heavy atom. The van der Waals surface area contributed by atoms with Gasteiger partial charge in [0.25, 0.3) is 0 Å². The summed E-state index contributed by atoms with van der Waals surface area (Å²) in [5.41, 5.74) is 4.03. The Hall–Kier alpha value is -2.13. The lowest BCUT2D eigenvalue weighted by Gasteiger charge is -2.43. The quantitative estimate of drug-likeness (QED) is 0.428. The van der Waals surface area contributed by atoms with Crippen LogP contribution in [0.5, 0.6) is 11.5 Å². The van der Waals surface area contributed by atoms with Gasteiger partial charge >= 0.3 is 10.4 Å². The molecule has 4 rings (SSSR count). The summed E-state index contributed by atoms with van der Waals surface area (Å²) in [5.74, 6) is -0.378. The molecule has 2 aromatic carbocycles. The van der Waals surface area contributed by atoms with Gasteiger partial charge < -0.3 is 10.2 Å². The van der Waals surface area contributed by atoms with E-state index >= 15 is 0 Å². The molecule has 2 aliphatic rings. The van der Waals surface area contributed by atoms with Crippen molar-refractivity contribution >= 4 is 10.4 Å². The Morgan fingerprint density at radius 3 is 2.64 bits per heavy atom. The van der Waals surface area contributed by atoms with Crippen LogP contribution in [0.1, 0.15) is 22.7 Å². The number of quaternary nitrogens is 1. The smallest absolute Gasteiger partial charge is 0.442 e. The molecule has 1 heterocycles. The minimum Gasteiger partial charge on any atom is -0.504 e. The number of phenolic OH excluding ortho intramolecular Hbond substituents is 2. The van der Waals surface area contributed by atoms with Gasteiger partial charge in [0.2, 0.25) is 0 Å². The largest absolute Gasteiger partial charge is 0.504 e. The predicted molar refractivity (Wildman–Crippen MR) is 89.0 cm³/mol. The molecule has 8 heteroatoms. The SMILES string of the molecule is C[N+]1(OS(=O)(=O)O)CCc2cccc3c2[C@H]1Cc1ccc(O)c(O)c1-3. The first-order valence-electron chi connectivity index (χ1n) is 7.89. The maximum Gasteiger partial charge on any atom is 0.442 e. The molecular formula is C17H18NO6S+. The number of nitrogens with zero attached hydrogens (tertiary/aromatic N) is 1. The van der Waals surface area contributed by atoms with E-state index in [4.69, 9.17) is 4.28 Å². The molecule has 2 aromatic rings. The van der Waals surface area contributed by atoms with Crippen molar-refractivity contribution in [2.24, 2.45) is 0 Å². The van der Waals surface area contributed by atoms with Gasteiger partial charge in [0.15, 0.2) is 17.5 Å². The monoisotopic (exact) mass is 364 g/mol. The van der Waals surface area contributed by atoms with Crippen LogP contribution in [0.2, 0.25) is 0 Å². The van der Waals surface area contributed by atoms with E-state index < -0.39 is 10.4 Å². The Labute approximate surface area is 145 Å². The van der Waals surface area contributed by atoms with Crippen LogP contribution in [0.15, 0.2) is 30.3 Å². The molecule has 7 nitrogen and oxygen atoms in total. The molecule has 25 heavy (non-hydrogen) atoms. The molecule has 0 radical (unpaired) electrons. The Bertz CT molecular complexity index is 987. The zero-order valence-corrected chi connectivity index (χ0v) is 14.3. The van der Waals surface area contributed by atoms with Gasteiger partial charge in [-0.15, -0.1) is 0 Å². The van der Waals surface area contributed by atoms with Gasteiger partial charge in [-0.1, -0.05) is 24.3 Å². The van der Waals surface area contributed by atoms with Crippen molar-refractivity contribution in [3.8, 4) is 22.6 Å². The maximum absolute atomic E-state index is 11.4. The summed E-state index contributed by atoms with van der Waals surface area (Å²) in [6.45, 7) is 0.389. The summed E-state index contributed by atoms with van der Waals surface area (Å²) in [6, 6.07) is 8.47. The van der Waals surface area contributed by atoms with E-state index in [2.05, 4.69) is 0 Å². The first-order valence-corrected chi connectivity index (χ1v) is 9.26. The number of likely N-dealkylation sites (N-methyl/N-ethyl adjacent to an activating group) is 1. The molecule has 0 fully saturated rings. The van der Waals surface area contributed by atoms with E-state index in [-0.39, 0.29) is 22.2 Å². The van der Waals surface area contributed by atoms with Crippen molar-refractivity contribution in [3.05, 3.63) is 47.0 Å². The lowest BCUT2D eigenvalue weighted by molar-refractivity contribution is -1.09. The van der Waals surface area contributed by atoms with Crippen molar-refractivity contribution in [3.63, 3.8) is 0 Å². The highest BCUT2D eigenvalue weighted by Crippen LogP contribution is 2.52. The molecule has 132 valence electrons. The van der Waals surface area contributed by atoms with Crippen LogP contribution in [0.4, 0.5) is 0 Å². The average Bonchev–Trinajstić information content (AvgIpc) is 2.53. The number of aromatic hydroxyl groups is 2. The van der Waals surface area contributed by atoms with Crippen molar-refractivity contribution in [1.29, 1.82) is 0 Å². The number of fused-ring (bicyclic) bond motifs is 2. The number of benzene rings is 2. The molecule has 0 amide bonds. The van der Waals surface area contributed by atoms with E-state index in [1.54, 1.807) is 13.1 Å². The molecule has 0 saturated heterocycles. The predicted octanol–water partition coefficient (Wildman–Crippen LogP) is 2.10. The lowest BCUT2D eigenvalue weighted by atomic mass is 9.76. The standard InChI is InChI=1S/C17H17NO6S/c1-18(24-25(21,22)23)8-7-10-3-2-4-12-15(10)13(18)9-11-5-6-14(19)17(20)16(11)12/h2-6,13H,7-9H2,1H3,(H2-,19,20,21,22,23)/p+1/t13-,18?/m1/s1. The average molecular weight is 364 g/mol. The molecule has 1 aliphatic carbocycles. The molecular weight excluding hydrogens is 346 g/mol. The van der Waals surface area contributed by atoms with E-state index in [1.807, 2.05) is 18.2 Å². The number of phenols is 2. The van der Waals surface area contributed by atoms with Crippen LogP contribution >= 0.6 is 0 Å². The molecule has 0 spiro atoms. The second kappa shape index (κ2) is 5.18. The van der Waals surface area contributed by atoms with Crippen LogP contribution in [0, 0.1) is 0 Å². The van der Waals surface area contributed by atoms with Gasteiger partial charge in [-0.05, 0) is 27.0 Å². The van der Waals surface area contributed by atoms with Crippen LogP contribution in [-0.2, 0) is 27.5 Å². The number of hydrogen-bond acceptors (Lipinski definition) is 5. The Balaban J connectivity index is 1.96. The van der Waals surface area contributed by atoms with Crippen LogP contribution in [-0.4, -0.2) is 41.4 Å². The molecule has 0 saturated carbocycles. The van der Waals surface area contributed by atoms with Gasteiger partial charge in [0.1, 0.15) is 13.6 Å². The van der Waals surface area contributed by atoms with Gasteiger partial charge in [-0.3, -0.25) is 4.55 Å². The number of hydrogen-bond donors (Lipinski definition) is 3. The normalized spacial score (nSPS) is 24.5. The third-order valence-electron chi connectivity index (χ3n) is 5.20. The highest BCUT2D eigenvalue weighted by atomic mass is 32.3. The van der Waals surface area contributed by atoms with Crippen molar-refractivity contribution < 1.29 is 32.1 Å². The summed E-state index contributed by atoms with van der Waals surface area (Å²) in [5, 5.41) is 20.2. The highest BCUT2D eigenvalue weighted by Gasteiger charge is 2.48. The van der Waals surface area contributed by atoms with E-state index in [1.165, 1.54) is 6.07 Å². The fourth-order valence-corrected chi connectivity index (χ4v) is 4.72. The van der Waals surface area contributed by atoms with E-state index in [0.29, 0.717) is 24.9 Å². The summed E-state index contributed by atoms with van der Waals surface area (Å²) in [4.78, 5) is 0. The summed E-state index contributed by atoms with van der Waals surface area (Å²) >= 11 is 0. The molecule has 2 atom stereocenters. The van der Waals surface area contributed by atoms with Gasteiger partial charge in [0.05, 0.1) is 0 Å². The van der Waals surface area contributed by atoms with E-state index in [9.17, 15) is 23.2 Å². The Kier molecular flexibility index (Phi) is 3.39. The molecule has 3 N–H and O–H groups in total. The van der Waals surface area contributed by atoms with Gasteiger partial charge in [0, 0.05) is 24.0 Å². The van der Waals surface area contributed by atoms with E-state index in [0.717, 1.165) is 22.3 Å². The summed E-state index contributed by atoms with van der Waals surface area (Å²) in [6.07, 6.45) is 0.986. The van der Waals surface area contributed by atoms with Crippen molar-refractivity contribution in [2.75, 3.05) is 13.6 Å². The highest BCUT2D eigenvalue weighted by molar-refractivity contribution is 7.80. The third-order valence-corrected chi connectivity index (χ3v) is 5.73. The molecule has 1 aliphatic heterocycles. The Morgan fingerprint density at radius 1 is 1.16 bits per heavy atom. The van der Waals surface area contributed by atoms with Crippen molar-refractivity contribution in [1.82, 2.24) is 0 Å². The zero-order chi connectivity index (χ0) is 18.0.